The first-order chi connectivity index (χ1) is 10.3. The molecule has 0 bridgehead atoms. The molecular weight excluding hydrogens is 256 g/mol. The van der Waals surface area contributed by atoms with Crippen LogP contribution in [0, 0.1) is 18.8 Å². The van der Waals surface area contributed by atoms with Crippen molar-refractivity contribution in [3.8, 4) is 11.8 Å². The van der Waals surface area contributed by atoms with Crippen LogP contribution < -0.4 is 0 Å². The molecule has 0 aliphatic carbocycles. The maximum atomic E-state index is 4.94. The molecule has 0 atom stereocenters. The van der Waals surface area contributed by atoms with Gasteiger partial charge >= 0.3 is 0 Å². The van der Waals surface area contributed by atoms with Gasteiger partial charge in [-0.3, -0.25) is 0 Å². The van der Waals surface area contributed by atoms with Gasteiger partial charge in [-0.2, -0.15) is 0 Å². The van der Waals surface area contributed by atoms with E-state index >= 15 is 0 Å². The lowest BCUT2D eigenvalue weighted by Crippen LogP contribution is -1.91. The normalized spacial score (nSPS) is 10.2. The fraction of sp³-hybridized carbons (Fsp3) is 0.200. The minimum Gasteiger partial charge on any atom is -0.505 e. The summed E-state index contributed by atoms with van der Waals surface area (Å²) in [7, 11) is 1.66. The molecule has 2 aromatic rings. The van der Waals surface area contributed by atoms with Gasteiger partial charge < -0.3 is 4.74 Å². The molecule has 1 nitrogen and oxygen atoms in total. The molecule has 0 aliphatic heterocycles. The molecule has 1 heteroatoms. The minimum absolute atomic E-state index is 0.769. The average molecular weight is 276 g/mol. The van der Waals surface area contributed by atoms with Crippen LogP contribution in [0.25, 0.3) is 0 Å². The van der Waals surface area contributed by atoms with Crippen LogP contribution in [0.2, 0.25) is 0 Å². The molecule has 0 heterocycles. The van der Waals surface area contributed by atoms with Gasteiger partial charge in [0, 0.05) is 12.0 Å². The standard InChI is InChI=1S/C20H20O/c1-17-12-14-18(15-13-17)7-5-10-19-8-3-4-9-20(19)11-6-16-21-2/h3-4,6,8-9,12-16H,10-11H2,1-2H3/b16-6+. The Morgan fingerprint density at radius 2 is 1.71 bits per heavy atom. The van der Waals surface area contributed by atoms with Crippen molar-refractivity contribution in [3.05, 3.63) is 83.1 Å². The Hall–Kier alpha value is -2.46. The first-order valence-corrected chi connectivity index (χ1v) is 7.09. The van der Waals surface area contributed by atoms with E-state index in [1.165, 1.54) is 16.7 Å². The van der Waals surface area contributed by atoms with E-state index in [1.54, 1.807) is 13.4 Å². The third kappa shape index (κ3) is 4.85. The minimum atomic E-state index is 0.769. The Morgan fingerprint density at radius 3 is 2.43 bits per heavy atom. The lowest BCUT2D eigenvalue weighted by molar-refractivity contribution is 0.337. The summed E-state index contributed by atoms with van der Waals surface area (Å²) in [6.07, 6.45) is 5.38. The van der Waals surface area contributed by atoms with Gasteiger partial charge in [0.1, 0.15) is 0 Å². The second-order valence-electron chi connectivity index (χ2n) is 4.92. The first kappa shape index (κ1) is 14.9. The van der Waals surface area contributed by atoms with Gasteiger partial charge in [-0.25, -0.2) is 0 Å². The Kier molecular flexibility index (Phi) is 5.67. The summed E-state index contributed by atoms with van der Waals surface area (Å²) in [5, 5.41) is 0. The molecule has 106 valence electrons. The van der Waals surface area contributed by atoms with Crippen LogP contribution in [-0.4, -0.2) is 7.11 Å². The molecule has 0 fully saturated rings. The molecule has 0 spiro atoms. The van der Waals surface area contributed by atoms with Crippen molar-refractivity contribution >= 4 is 0 Å². The van der Waals surface area contributed by atoms with Crippen LogP contribution in [0.15, 0.2) is 60.9 Å². The summed E-state index contributed by atoms with van der Waals surface area (Å²) in [5.41, 5.74) is 4.90. The van der Waals surface area contributed by atoms with Gasteiger partial charge in [0.15, 0.2) is 0 Å². The van der Waals surface area contributed by atoms with Crippen molar-refractivity contribution in [2.24, 2.45) is 0 Å². The van der Waals surface area contributed by atoms with Gasteiger partial charge in [0.2, 0.25) is 0 Å². The molecule has 2 rings (SSSR count). The highest BCUT2D eigenvalue weighted by Gasteiger charge is 1.98. The number of methoxy groups -OCH3 is 1. The van der Waals surface area contributed by atoms with E-state index in [9.17, 15) is 0 Å². The molecule has 0 saturated carbocycles. The predicted molar refractivity (Wildman–Crippen MR) is 88.1 cm³/mol. The highest BCUT2D eigenvalue weighted by Crippen LogP contribution is 2.11. The lowest BCUT2D eigenvalue weighted by atomic mass is 10.0. The van der Waals surface area contributed by atoms with Crippen LogP contribution in [0.3, 0.4) is 0 Å². The van der Waals surface area contributed by atoms with E-state index in [4.69, 9.17) is 4.74 Å². The van der Waals surface area contributed by atoms with Crippen molar-refractivity contribution in [3.63, 3.8) is 0 Å². The van der Waals surface area contributed by atoms with E-state index in [-0.39, 0.29) is 0 Å². The molecule has 0 amide bonds. The molecule has 0 radical (unpaired) electrons. The molecule has 0 unspecified atom stereocenters. The van der Waals surface area contributed by atoms with Crippen LogP contribution in [-0.2, 0) is 17.6 Å². The lowest BCUT2D eigenvalue weighted by Gasteiger charge is -2.03. The number of benzene rings is 2. The van der Waals surface area contributed by atoms with E-state index < -0.39 is 0 Å². The second-order valence-corrected chi connectivity index (χ2v) is 4.92. The van der Waals surface area contributed by atoms with Crippen molar-refractivity contribution in [2.45, 2.75) is 19.8 Å². The third-order valence-electron chi connectivity index (χ3n) is 3.25. The second kappa shape index (κ2) is 7.97. The Bertz CT molecular complexity index is 654. The molecule has 0 saturated heterocycles. The third-order valence-corrected chi connectivity index (χ3v) is 3.25. The van der Waals surface area contributed by atoms with Crippen LogP contribution in [0.5, 0.6) is 0 Å². The summed E-state index contributed by atoms with van der Waals surface area (Å²) in [6.45, 7) is 2.08. The van der Waals surface area contributed by atoms with E-state index in [0.29, 0.717) is 0 Å². The van der Waals surface area contributed by atoms with Gasteiger partial charge in [0.05, 0.1) is 13.4 Å². The van der Waals surface area contributed by atoms with E-state index in [1.807, 2.05) is 6.08 Å². The van der Waals surface area contributed by atoms with Gasteiger partial charge in [-0.05, 0) is 42.7 Å². The molecule has 21 heavy (non-hydrogen) atoms. The highest BCUT2D eigenvalue weighted by atomic mass is 16.5. The quantitative estimate of drug-likeness (QED) is 0.598. The van der Waals surface area contributed by atoms with Gasteiger partial charge in [0.25, 0.3) is 0 Å². The van der Waals surface area contributed by atoms with Crippen LogP contribution in [0.4, 0.5) is 0 Å². The van der Waals surface area contributed by atoms with Crippen molar-refractivity contribution in [1.29, 1.82) is 0 Å². The zero-order valence-corrected chi connectivity index (χ0v) is 12.6. The maximum absolute atomic E-state index is 4.94. The number of ether oxygens (including phenoxy) is 1. The van der Waals surface area contributed by atoms with Crippen molar-refractivity contribution in [2.75, 3.05) is 7.11 Å². The average Bonchev–Trinajstić information content (AvgIpc) is 2.51. The van der Waals surface area contributed by atoms with Crippen LogP contribution >= 0.6 is 0 Å². The van der Waals surface area contributed by atoms with Crippen molar-refractivity contribution < 1.29 is 4.74 Å². The SMILES string of the molecule is CO/C=C/Cc1ccccc1CC#Cc1ccc(C)cc1. The monoisotopic (exact) mass is 276 g/mol. The molecular formula is C20H20O. The summed E-state index contributed by atoms with van der Waals surface area (Å²) >= 11 is 0. The largest absolute Gasteiger partial charge is 0.505 e. The Labute approximate surface area is 127 Å². The smallest absolute Gasteiger partial charge is 0.0788 e. The summed E-state index contributed by atoms with van der Waals surface area (Å²) < 4.78 is 4.94. The number of aryl methyl sites for hydroxylation is 1. The Morgan fingerprint density at radius 1 is 1.00 bits per heavy atom. The fourth-order valence-corrected chi connectivity index (χ4v) is 2.08. The van der Waals surface area contributed by atoms with Gasteiger partial charge in [-0.15, -0.1) is 0 Å². The number of hydrogen-bond donors (Lipinski definition) is 0. The fourth-order valence-electron chi connectivity index (χ4n) is 2.08. The summed E-state index contributed by atoms with van der Waals surface area (Å²) in [4.78, 5) is 0. The zero-order valence-electron chi connectivity index (χ0n) is 12.6. The predicted octanol–water partition coefficient (Wildman–Crippen LogP) is 4.29. The van der Waals surface area contributed by atoms with Crippen LogP contribution in [0.1, 0.15) is 22.3 Å². The highest BCUT2D eigenvalue weighted by molar-refractivity contribution is 5.38. The maximum Gasteiger partial charge on any atom is 0.0788 e. The summed E-state index contributed by atoms with van der Waals surface area (Å²) in [6, 6.07) is 16.7. The van der Waals surface area contributed by atoms with Gasteiger partial charge in [-0.1, -0.05) is 53.8 Å². The Balaban J connectivity index is 2.06. The zero-order chi connectivity index (χ0) is 14.9. The first-order valence-electron chi connectivity index (χ1n) is 7.09. The molecule has 0 aromatic heterocycles. The molecule has 0 N–H and O–H groups in total. The van der Waals surface area contributed by atoms with E-state index in [2.05, 4.69) is 67.3 Å². The number of rotatable bonds is 4. The number of hydrogen-bond acceptors (Lipinski definition) is 1. The molecule has 2 aromatic carbocycles. The van der Waals surface area contributed by atoms with Crippen molar-refractivity contribution in [1.82, 2.24) is 0 Å². The molecule has 0 aliphatic rings. The number of allylic oxidation sites excluding steroid dienone is 1. The van der Waals surface area contributed by atoms with E-state index in [0.717, 1.165) is 18.4 Å². The topological polar surface area (TPSA) is 9.23 Å². The summed E-state index contributed by atoms with van der Waals surface area (Å²) in [5.74, 6) is 6.49.